The minimum atomic E-state index is -0.608. The molecule has 0 bridgehead atoms. The SMILES string of the molecule is CCCC(CC(C)=O)n1cnc2c(NC(=O)OC(C)(C)C)ncnc21. The first-order valence-corrected chi connectivity index (χ1v) is 8.38. The smallest absolute Gasteiger partial charge is 0.413 e. The summed E-state index contributed by atoms with van der Waals surface area (Å²) in [6.45, 7) is 9.00. The lowest BCUT2D eigenvalue weighted by molar-refractivity contribution is -0.117. The molecule has 0 radical (unpaired) electrons. The van der Waals surface area contributed by atoms with E-state index in [4.69, 9.17) is 4.74 Å². The number of nitrogens with zero attached hydrogens (tertiary/aromatic N) is 4. The van der Waals surface area contributed by atoms with E-state index in [1.807, 2.05) is 4.57 Å². The van der Waals surface area contributed by atoms with Crippen LogP contribution >= 0.6 is 0 Å². The average molecular weight is 347 g/mol. The number of rotatable bonds is 6. The van der Waals surface area contributed by atoms with Gasteiger partial charge in [-0.2, -0.15) is 0 Å². The van der Waals surface area contributed by atoms with Crippen molar-refractivity contribution in [1.29, 1.82) is 0 Å². The Morgan fingerprint density at radius 2 is 2.00 bits per heavy atom. The van der Waals surface area contributed by atoms with Gasteiger partial charge in [0.2, 0.25) is 0 Å². The van der Waals surface area contributed by atoms with Gasteiger partial charge >= 0.3 is 6.09 Å². The molecule has 0 aromatic carbocycles. The van der Waals surface area contributed by atoms with E-state index >= 15 is 0 Å². The van der Waals surface area contributed by atoms with Crippen LogP contribution in [0.3, 0.4) is 0 Å². The van der Waals surface area contributed by atoms with Gasteiger partial charge in [0.05, 0.1) is 6.33 Å². The van der Waals surface area contributed by atoms with E-state index in [-0.39, 0.29) is 17.6 Å². The van der Waals surface area contributed by atoms with Crippen LogP contribution < -0.4 is 5.32 Å². The van der Waals surface area contributed by atoms with Crippen molar-refractivity contribution in [3.05, 3.63) is 12.7 Å². The summed E-state index contributed by atoms with van der Waals surface area (Å²) in [4.78, 5) is 36.3. The molecule has 2 aromatic heterocycles. The van der Waals surface area contributed by atoms with Gasteiger partial charge in [0.25, 0.3) is 0 Å². The quantitative estimate of drug-likeness (QED) is 0.858. The fraction of sp³-hybridized carbons (Fsp3) is 0.588. The van der Waals surface area contributed by atoms with Gasteiger partial charge in [0.1, 0.15) is 17.7 Å². The van der Waals surface area contributed by atoms with Crippen molar-refractivity contribution >= 4 is 28.9 Å². The highest BCUT2D eigenvalue weighted by atomic mass is 16.6. The number of aromatic nitrogens is 4. The second kappa shape index (κ2) is 7.58. The lowest BCUT2D eigenvalue weighted by Crippen LogP contribution is -2.27. The zero-order valence-electron chi connectivity index (χ0n) is 15.4. The zero-order valence-corrected chi connectivity index (χ0v) is 15.4. The second-order valence-electron chi connectivity index (χ2n) is 7.02. The van der Waals surface area contributed by atoms with Crippen LogP contribution in [0.15, 0.2) is 12.7 Å². The monoisotopic (exact) mass is 347 g/mol. The maximum Gasteiger partial charge on any atom is 0.413 e. The Bertz CT molecular complexity index is 763. The van der Waals surface area contributed by atoms with Crippen LogP contribution in [0.5, 0.6) is 0 Å². The van der Waals surface area contributed by atoms with Gasteiger partial charge in [0.15, 0.2) is 17.0 Å². The summed E-state index contributed by atoms with van der Waals surface area (Å²) in [6, 6.07) is -0.0169. The van der Waals surface area contributed by atoms with Crippen molar-refractivity contribution in [3.8, 4) is 0 Å². The van der Waals surface area contributed by atoms with E-state index in [0.29, 0.717) is 17.6 Å². The summed E-state index contributed by atoms with van der Waals surface area (Å²) < 4.78 is 7.12. The van der Waals surface area contributed by atoms with Gasteiger partial charge in [-0.25, -0.2) is 19.7 Å². The van der Waals surface area contributed by atoms with Gasteiger partial charge in [-0.15, -0.1) is 0 Å². The maximum absolute atomic E-state index is 12.0. The van der Waals surface area contributed by atoms with Gasteiger partial charge < -0.3 is 9.30 Å². The highest BCUT2D eigenvalue weighted by Crippen LogP contribution is 2.25. The number of Topliss-reactive ketones (excluding diaryl/α,β-unsaturated/α-hetero) is 1. The van der Waals surface area contributed by atoms with Gasteiger partial charge in [-0.1, -0.05) is 13.3 Å². The van der Waals surface area contributed by atoms with Crippen LogP contribution in [0.1, 0.15) is 59.9 Å². The largest absolute Gasteiger partial charge is 0.444 e. The van der Waals surface area contributed by atoms with E-state index < -0.39 is 11.7 Å². The molecule has 1 unspecified atom stereocenters. The fourth-order valence-electron chi connectivity index (χ4n) is 2.62. The second-order valence-corrected chi connectivity index (χ2v) is 7.02. The Hall–Kier alpha value is -2.51. The molecule has 8 nitrogen and oxygen atoms in total. The van der Waals surface area contributed by atoms with Crippen LogP contribution in [0.4, 0.5) is 10.6 Å². The van der Waals surface area contributed by atoms with Crippen LogP contribution in [0.2, 0.25) is 0 Å². The van der Waals surface area contributed by atoms with Crippen molar-refractivity contribution in [2.24, 2.45) is 0 Å². The van der Waals surface area contributed by atoms with E-state index in [1.54, 1.807) is 34.0 Å². The third-order valence-corrected chi connectivity index (χ3v) is 3.52. The summed E-state index contributed by atoms with van der Waals surface area (Å²) in [5, 5.41) is 2.61. The summed E-state index contributed by atoms with van der Waals surface area (Å²) >= 11 is 0. The summed E-state index contributed by atoms with van der Waals surface area (Å²) in [6.07, 6.45) is 4.59. The number of nitrogens with one attached hydrogen (secondary N) is 1. The molecule has 0 aliphatic carbocycles. The number of imidazole rings is 1. The van der Waals surface area contributed by atoms with Crippen LogP contribution in [0.25, 0.3) is 11.2 Å². The van der Waals surface area contributed by atoms with Crippen molar-refractivity contribution in [3.63, 3.8) is 0 Å². The molecule has 1 N–H and O–H groups in total. The molecule has 0 saturated carbocycles. The molecule has 8 heteroatoms. The Morgan fingerprint density at radius 3 is 2.60 bits per heavy atom. The molecule has 2 rings (SSSR count). The molecule has 0 fully saturated rings. The zero-order chi connectivity index (χ0) is 18.6. The van der Waals surface area contributed by atoms with E-state index in [1.165, 1.54) is 6.33 Å². The molecular weight excluding hydrogens is 322 g/mol. The van der Waals surface area contributed by atoms with Gasteiger partial charge in [-0.05, 0) is 34.1 Å². The van der Waals surface area contributed by atoms with Crippen LogP contribution in [0, 0.1) is 0 Å². The number of fused-ring (bicyclic) bond motifs is 1. The Labute approximate surface area is 147 Å². The molecule has 0 aliphatic rings. The number of amides is 1. The van der Waals surface area contributed by atoms with Gasteiger partial charge in [0, 0.05) is 12.5 Å². The van der Waals surface area contributed by atoms with Crippen molar-refractivity contribution in [2.75, 3.05) is 5.32 Å². The molecule has 1 atom stereocenters. The van der Waals surface area contributed by atoms with E-state index in [0.717, 1.165) is 12.8 Å². The number of carbonyl (C=O) groups excluding carboxylic acids is 2. The number of hydrogen-bond acceptors (Lipinski definition) is 6. The van der Waals surface area contributed by atoms with Crippen LogP contribution in [-0.2, 0) is 9.53 Å². The molecular formula is C17H25N5O3. The number of ketones is 1. The number of carbonyl (C=O) groups is 2. The highest BCUT2D eigenvalue weighted by molar-refractivity contribution is 5.93. The molecule has 25 heavy (non-hydrogen) atoms. The summed E-state index contributed by atoms with van der Waals surface area (Å²) in [5.74, 6) is 0.400. The Morgan fingerprint density at radius 1 is 1.28 bits per heavy atom. The number of hydrogen-bond donors (Lipinski definition) is 1. The van der Waals surface area contributed by atoms with Crippen LogP contribution in [-0.4, -0.2) is 37.0 Å². The third-order valence-electron chi connectivity index (χ3n) is 3.52. The van der Waals surface area contributed by atoms with Crippen molar-refractivity contribution in [2.45, 2.75) is 65.5 Å². The lowest BCUT2D eigenvalue weighted by atomic mass is 10.1. The lowest BCUT2D eigenvalue weighted by Gasteiger charge is -2.19. The molecule has 2 aromatic rings. The average Bonchev–Trinajstić information content (AvgIpc) is 2.89. The molecule has 0 saturated heterocycles. The maximum atomic E-state index is 12.0. The topological polar surface area (TPSA) is 99.0 Å². The minimum Gasteiger partial charge on any atom is -0.444 e. The molecule has 136 valence electrons. The van der Waals surface area contributed by atoms with E-state index in [2.05, 4.69) is 27.2 Å². The Kier molecular flexibility index (Phi) is 5.71. The standard InChI is InChI=1S/C17H25N5O3/c1-6-7-12(8-11(2)23)22-10-20-13-14(18-9-19-15(13)22)21-16(24)25-17(3,4)5/h9-10,12H,6-8H2,1-5H3,(H,18,19,21,24). The predicted molar refractivity (Wildman–Crippen MR) is 94.4 cm³/mol. The molecule has 1 amide bonds. The highest BCUT2D eigenvalue weighted by Gasteiger charge is 2.21. The van der Waals surface area contributed by atoms with Crippen molar-refractivity contribution in [1.82, 2.24) is 19.5 Å². The first kappa shape index (κ1) is 18.8. The van der Waals surface area contributed by atoms with Crippen molar-refractivity contribution < 1.29 is 14.3 Å². The number of ether oxygens (including phenoxy) is 1. The minimum absolute atomic E-state index is 0.0169. The number of anilines is 1. The predicted octanol–water partition coefficient (Wildman–Crippen LogP) is 3.49. The Balaban J connectivity index is 2.32. The fourth-order valence-corrected chi connectivity index (χ4v) is 2.62. The summed E-state index contributed by atoms with van der Waals surface area (Å²) in [7, 11) is 0. The summed E-state index contributed by atoms with van der Waals surface area (Å²) in [5.41, 5.74) is 0.447. The molecule has 2 heterocycles. The van der Waals surface area contributed by atoms with Gasteiger partial charge in [-0.3, -0.25) is 10.1 Å². The third kappa shape index (κ3) is 4.98. The van der Waals surface area contributed by atoms with E-state index in [9.17, 15) is 9.59 Å². The first-order chi connectivity index (χ1) is 11.7. The molecule has 0 spiro atoms. The normalized spacial score (nSPS) is 12.8. The first-order valence-electron chi connectivity index (χ1n) is 8.38. The molecule has 0 aliphatic heterocycles.